The SMILES string of the molecule is C[C@H]1CC[C@@H](NCCN2CCOCC2)C1. The Kier molecular flexibility index (Phi) is 4.42. The highest BCUT2D eigenvalue weighted by molar-refractivity contribution is 4.78. The molecule has 1 aliphatic heterocycles. The molecule has 15 heavy (non-hydrogen) atoms. The van der Waals surface area contributed by atoms with E-state index in [1.165, 1.54) is 25.8 Å². The van der Waals surface area contributed by atoms with E-state index in [0.717, 1.165) is 44.8 Å². The number of ether oxygens (including phenoxy) is 1. The maximum atomic E-state index is 5.33. The fourth-order valence-corrected chi connectivity index (χ4v) is 2.64. The second-order valence-electron chi connectivity index (χ2n) is 5.02. The summed E-state index contributed by atoms with van der Waals surface area (Å²) >= 11 is 0. The molecular weight excluding hydrogens is 188 g/mol. The lowest BCUT2D eigenvalue weighted by Crippen LogP contribution is -2.41. The molecule has 1 saturated heterocycles. The largest absolute Gasteiger partial charge is 0.379 e. The van der Waals surface area contributed by atoms with Gasteiger partial charge in [-0.3, -0.25) is 4.90 Å². The van der Waals surface area contributed by atoms with Gasteiger partial charge in [-0.25, -0.2) is 0 Å². The van der Waals surface area contributed by atoms with Gasteiger partial charge in [0, 0.05) is 32.2 Å². The smallest absolute Gasteiger partial charge is 0.0594 e. The minimum absolute atomic E-state index is 0.793. The summed E-state index contributed by atoms with van der Waals surface area (Å²) in [7, 11) is 0. The molecule has 0 bridgehead atoms. The molecule has 2 atom stereocenters. The normalized spacial score (nSPS) is 33.4. The monoisotopic (exact) mass is 212 g/mol. The molecule has 1 saturated carbocycles. The first kappa shape index (κ1) is 11.4. The maximum absolute atomic E-state index is 5.33. The van der Waals surface area contributed by atoms with Crippen molar-refractivity contribution < 1.29 is 4.74 Å². The first-order valence-corrected chi connectivity index (χ1v) is 6.38. The number of rotatable bonds is 4. The molecule has 3 heteroatoms. The zero-order chi connectivity index (χ0) is 10.5. The van der Waals surface area contributed by atoms with Crippen LogP contribution in [-0.4, -0.2) is 50.3 Å². The van der Waals surface area contributed by atoms with E-state index < -0.39 is 0 Å². The molecule has 1 N–H and O–H groups in total. The van der Waals surface area contributed by atoms with Crippen molar-refractivity contribution in [1.29, 1.82) is 0 Å². The lowest BCUT2D eigenvalue weighted by atomic mass is 10.1. The van der Waals surface area contributed by atoms with Crippen LogP contribution < -0.4 is 5.32 Å². The summed E-state index contributed by atoms with van der Waals surface area (Å²) in [4.78, 5) is 2.49. The van der Waals surface area contributed by atoms with Crippen molar-refractivity contribution in [3.63, 3.8) is 0 Å². The Morgan fingerprint density at radius 2 is 2.07 bits per heavy atom. The fourth-order valence-electron chi connectivity index (χ4n) is 2.64. The van der Waals surface area contributed by atoms with Gasteiger partial charge in [-0.05, 0) is 25.2 Å². The predicted octanol–water partition coefficient (Wildman–Crippen LogP) is 1.10. The van der Waals surface area contributed by atoms with Gasteiger partial charge in [0.05, 0.1) is 13.2 Å². The molecule has 0 aromatic carbocycles. The molecule has 2 fully saturated rings. The third-order valence-corrected chi connectivity index (χ3v) is 3.66. The summed E-state index contributed by atoms with van der Waals surface area (Å²) in [5.74, 6) is 0.936. The van der Waals surface area contributed by atoms with Crippen LogP contribution in [0.25, 0.3) is 0 Å². The van der Waals surface area contributed by atoms with Gasteiger partial charge in [-0.2, -0.15) is 0 Å². The standard InChI is InChI=1S/C12H24N2O/c1-11-2-3-12(10-11)13-4-5-14-6-8-15-9-7-14/h11-13H,2-10H2,1H3/t11-,12+/m0/s1. The summed E-state index contributed by atoms with van der Waals surface area (Å²) in [6.45, 7) is 8.77. The molecule has 88 valence electrons. The van der Waals surface area contributed by atoms with Crippen LogP contribution in [0.4, 0.5) is 0 Å². The highest BCUT2D eigenvalue weighted by atomic mass is 16.5. The van der Waals surface area contributed by atoms with Gasteiger partial charge >= 0.3 is 0 Å². The number of nitrogens with zero attached hydrogens (tertiary/aromatic N) is 1. The van der Waals surface area contributed by atoms with Crippen molar-refractivity contribution in [3.8, 4) is 0 Å². The van der Waals surface area contributed by atoms with Gasteiger partial charge in [0.1, 0.15) is 0 Å². The molecule has 0 radical (unpaired) electrons. The van der Waals surface area contributed by atoms with Crippen molar-refractivity contribution in [2.24, 2.45) is 5.92 Å². The minimum Gasteiger partial charge on any atom is -0.379 e. The van der Waals surface area contributed by atoms with Gasteiger partial charge in [0.2, 0.25) is 0 Å². The van der Waals surface area contributed by atoms with Crippen LogP contribution in [-0.2, 0) is 4.74 Å². The molecule has 0 aromatic heterocycles. The Morgan fingerprint density at radius 1 is 1.27 bits per heavy atom. The average molecular weight is 212 g/mol. The molecule has 2 rings (SSSR count). The lowest BCUT2D eigenvalue weighted by Gasteiger charge is -2.27. The van der Waals surface area contributed by atoms with Crippen LogP contribution in [0.3, 0.4) is 0 Å². The maximum Gasteiger partial charge on any atom is 0.0594 e. The third-order valence-electron chi connectivity index (χ3n) is 3.66. The molecule has 0 aromatic rings. The van der Waals surface area contributed by atoms with E-state index >= 15 is 0 Å². The summed E-state index contributed by atoms with van der Waals surface area (Å²) in [6, 6.07) is 0.793. The van der Waals surface area contributed by atoms with E-state index in [0.29, 0.717) is 0 Å². The van der Waals surface area contributed by atoms with E-state index in [9.17, 15) is 0 Å². The minimum atomic E-state index is 0.793. The predicted molar refractivity (Wildman–Crippen MR) is 62.1 cm³/mol. The Balaban J connectivity index is 1.54. The fraction of sp³-hybridized carbons (Fsp3) is 1.00. The summed E-state index contributed by atoms with van der Waals surface area (Å²) in [5.41, 5.74) is 0. The van der Waals surface area contributed by atoms with E-state index in [1.54, 1.807) is 0 Å². The van der Waals surface area contributed by atoms with Crippen molar-refractivity contribution in [1.82, 2.24) is 10.2 Å². The van der Waals surface area contributed by atoms with Crippen molar-refractivity contribution in [2.45, 2.75) is 32.2 Å². The molecule has 1 aliphatic carbocycles. The van der Waals surface area contributed by atoms with E-state index in [1.807, 2.05) is 0 Å². The summed E-state index contributed by atoms with van der Waals surface area (Å²) < 4.78 is 5.33. The van der Waals surface area contributed by atoms with E-state index in [-0.39, 0.29) is 0 Å². The summed E-state index contributed by atoms with van der Waals surface area (Å²) in [6.07, 6.45) is 4.17. The van der Waals surface area contributed by atoms with Gasteiger partial charge < -0.3 is 10.1 Å². The molecule has 2 aliphatic rings. The average Bonchev–Trinajstić information content (AvgIpc) is 2.66. The molecule has 3 nitrogen and oxygen atoms in total. The number of hydrogen-bond donors (Lipinski definition) is 1. The van der Waals surface area contributed by atoms with Crippen LogP contribution >= 0.6 is 0 Å². The molecular formula is C12H24N2O. The first-order chi connectivity index (χ1) is 7.34. The van der Waals surface area contributed by atoms with Crippen LogP contribution in [0.5, 0.6) is 0 Å². The van der Waals surface area contributed by atoms with E-state index in [2.05, 4.69) is 17.1 Å². The van der Waals surface area contributed by atoms with Gasteiger partial charge in [0.25, 0.3) is 0 Å². The van der Waals surface area contributed by atoms with Crippen molar-refractivity contribution >= 4 is 0 Å². The van der Waals surface area contributed by atoms with Crippen LogP contribution in [0.15, 0.2) is 0 Å². The number of hydrogen-bond acceptors (Lipinski definition) is 3. The summed E-state index contributed by atoms with van der Waals surface area (Å²) in [5, 5.41) is 3.68. The second-order valence-corrected chi connectivity index (χ2v) is 5.02. The Morgan fingerprint density at radius 3 is 2.73 bits per heavy atom. The molecule has 0 unspecified atom stereocenters. The Hall–Kier alpha value is -0.120. The van der Waals surface area contributed by atoms with Gasteiger partial charge in [-0.15, -0.1) is 0 Å². The highest BCUT2D eigenvalue weighted by Crippen LogP contribution is 2.24. The van der Waals surface area contributed by atoms with Crippen molar-refractivity contribution in [3.05, 3.63) is 0 Å². The number of morpholine rings is 1. The highest BCUT2D eigenvalue weighted by Gasteiger charge is 2.20. The van der Waals surface area contributed by atoms with Crippen molar-refractivity contribution in [2.75, 3.05) is 39.4 Å². The number of nitrogens with one attached hydrogen (secondary N) is 1. The first-order valence-electron chi connectivity index (χ1n) is 6.38. The molecule has 0 amide bonds. The van der Waals surface area contributed by atoms with Gasteiger partial charge in [0.15, 0.2) is 0 Å². The van der Waals surface area contributed by atoms with Crippen LogP contribution in [0, 0.1) is 5.92 Å². The lowest BCUT2D eigenvalue weighted by molar-refractivity contribution is 0.0381. The van der Waals surface area contributed by atoms with Gasteiger partial charge in [-0.1, -0.05) is 6.92 Å². The Bertz CT molecular complexity index is 176. The Labute approximate surface area is 93.2 Å². The molecule has 0 spiro atoms. The van der Waals surface area contributed by atoms with Crippen LogP contribution in [0.1, 0.15) is 26.2 Å². The quantitative estimate of drug-likeness (QED) is 0.755. The van der Waals surface area contributed by atoms with Crippen LogP contribution in [0.2, 0.25) is 0 Å². The molecule has 1 heterocycles. The topological polar surface area (TPSA) is 24.5 Å². The van der Waals surface area contributed by atoms with E-state index in [4.69, 9.17) is 4.74 Å². The zero-order valence-electron chi connectivity index (χ0n) is 9.87. The third kappa shape index (κ3) is 3.74. The second kappa shape index (κ2) is 5.83. The zero-order valence-corrected chi connectivity index (χ0v) is 9.87.